The van der Waals surface area contributed by atoms with E-state index in [0.29, 0.717) is 5.89 Å². The molecule has 0 spiro atoms. The van der Waals surface area contributed by atoms with Gasteiger partial charge < -0.3 is 4.42 Å². The van der Waals surface area contributed by atoms with E-state index in [0.717, 1.165) is 11.5 Å². The molecule has 1 heterocycles. The Morgan fingerprint density at radius 3 is 2.13 bits per heavy atom. The summed E-state index contributed by atoms with van der Waals surface area (Å²) in [5.41, 5.74) is 0.806. The zero-order valence-corrected chi connectivity index (χ0v) is 10.8. The van der Waals surface area contributed by atoms with E-state index in [1.54, 1.807) is 6.08 Å². The van der Waals surface area contributed by atoms with Crippen LogP contribution in [0.25, 0.3) is 12.2 Å². The lowest BCUT2D eigenvalue weighted by Gasteiger charge is -1.83. The van der Waals surface area contributed by atoms with E-state index in [2.05, 4.69) is 11.6 Å². The van der Waals surface area contributed by atoms with Gasteiger partial charge >= 0.3 is 0 Å². The van der Waals surface area contributed by atoms with Crippen molar-refractivity contribution in [2.75, 3.05) is 0 Å². The van der Waals surface area contributed by atoms with Crippen LogP contribution in [-0.4, -0.2) is 4.98 Å². The first-order valence-corrected chi connectivity index (χ1v) is 5.50. The Bertz CT molecular complexity index is 285. The minimum Gasteiger partial charge on any atom is -0.441 e. The van der Waals surface area contributed by atoms with Crippen LogP contribution in [0.15, 0.2) is 17.1 Å². The summed E-state index contributed by atoms with van der Waals surface area (Å²) in [5.74, 6) is 1.45. The Morgan fingerprint density at radius 1 is 1.20 bits per heavy atom. The summed E-state index contributed by atoms with van der Waals surface area (Å²) in [5, 5.41) is 0. The minimum atomic E-state index is 0.674. The Kier molecular flexibility index (Phi) is 11.6. The van der Waals surface area contributed by atoms with Crippen LogP contribution < -0.4 is 0 Å². The van der Waals surface area contributed by atoms with Crippen molar-refractivity contribution < 1.29 is 4.42 Å². The molecule has 0 saturated heterocycles. The molecule has 15 heavy (non-hydrogen) atoms. The predicted octanol–water partition coefficient (Wildman–Crippen LogP) is 4.71. The molecule has 0 radical (unpaired) electrons. The fourth-order valence-corrected chi connectivity index (χ4v) is 0.876. The molecular weight excluding hydrogens is 186 g/mol. The SMILES string of the molecule is C=Cc1nc(C)oc1/C=C\C.CC.CC. The highest BCUT2D eigenvalue weighted by Crippen LogP contribution is 2.12. The second kappa shape index (κ2) is 10.8. The molecule has 0 aliphatic carbocycles. The van der Waals surface area contributed by atoms with Crippen molar-refractivity contribution in [3.8, 4) is 0 Å². The fraction of sp³-hybridized carbons (Fsp3) is 0.462. The summed E-state index contributed by atoms with van der Waals surface area (Å²) in [7, 11) is 0. The summed E-state index contributed by atoms with van der Waals surface area (Å²) in [6, 6.07) is 0. The number of aryl methyl sites for hydroxylation is 1. The average molecular weight is 209 g/mol. The van der Waals surface area contributed by atoms with Gasteiger partial charge in [0.05, 0.1) is 0 Å². The van der Waals surface area contributed by atoms with Crippen molar-refractivity contribution in [2.24, 2.45) is 0 Å². The fourth-order valence-electron chi connectivity index (χ4n) is 0.876. The van der Waals surface area contributed by atoms with Crippen LogP contribution in [0, 0.1) is 6.92 Å². The third-order valence-corrected chi connectivity index (χ3v) is 1.30. The van der Waals surface area contributed by atoms with E-state index in [9.17, 15) is 0 Å². The average Bonchev–Trinajstić information content (AvgIpc) is 2.65. The Morgan fingerprint density at radius 2 is 1.73 bits per heavy atom. The topological polar surface area (TPSA) is 26.0 Å². The standard InChI is InChI=1S/C9H11NO.2C2H6/c1-4-6-9-8(5-2)10-7(3)11-9;2*1-2/h4-6H,2H2,1,3H3;2*1-2H3/b6-4-;;. The maximum atomic E-state index is 5.28. The van der Waals surface area contributed by atoms with Crippen molar-refractivity contribution in [3.05, 3.63) is 30.0 Å². The van der Waals surface area contributed by atoms with Crippen molar-refractivity contribution in [1.29, 1.82) is 0 Å². The van der Waals surface area contributed by atoms with Gasteiger partial charge in [-0.05, 0) is 19.1 Å². The highest BCUT2D eigenvalue weighted by molar-refractivity contribution is 5.56. The number of allylic oxidation sites excluding steroid dienone is 1. The van der Waals surface area contributed by atoms with E-state index >= 15 is 0 Å². The molecule has 1 aromatic heterocycles. The number of aromatic nitrogens is 1. The molecular formula is C13H23NO. The molecule has 0 atom stereocenters. The lowest BCUT2D eigenvalue weighted by molar-refractivity contribution is 0.513. The normalized spacial score (nSPS) is 8.67. The van der Waals surface area contributed by atoms with Gasteiger partial charge in [0.2, 0.25) is 0 Å². The number of hydrogen-bond donors (Lipinski definition) is 0. The van der Waals surface area contributed by atoms with Crippen molar-refractivity contribution >= 4 is 12.2 Å². The van der Waals surface area contributed by atoms with Crippen molar-refractivity contribution in [3.63, 3.8) is 0 Å². The van der Waals surface area contributed by atoms with Gasteiger partial charge in [-0.1, -0.05) is 40.3 Å². The second-order valence-corrected chi connectivity index (χ2v) is 2.19. The van der Waals surface area contributed by atoms with Gasteiger partial charge in [0.1, 0.15) is 5.69 Å². The van der Waals surface area contributed by atoms with Crippen LogP contribution in [0.5, 0.6) is 0 Å². The van der Waals surface area contributed by atoms with Crippen molar-refractivity contribution in [1.82, 2.24) is 4.98 Å². The van der Waals surface area contributed by atoms with E-state index in [1.165, 1.54) is 0 Å². The lowest BCUT2D eigenvalue weighted by Crippen LogP contribution is -1.73. The molecule has 0 saturated carbocycles. The van der Waals surface area contributed by atoms with Crippen molar-refractivity contribution in [2.45, 2.75) is 41.5 Å². The van der Waals surface area contributed by atoms with Crippen LogP contribution in [0.4, 0.5) is 0 Å². The quantitative estimate of drug-likeness (QED) is 0.705. The maximum absolute atomic E-state index is 5.28. The largest absolute Gasteiger partial charge is 0.441 e. The van der Waals surface area contributed by atoms with Crippen LogP contribution in [0.1, 0.15) is 52.0 Å². The van der Waals surface area contributed by atoms with Gasteiger partial charge in [0.15, 0.2) is 11.7 Å². The maximum Gasteiger partial charge on any atom is 0.192 e. The molecule has 2 nitrogen and oxygen atoms in total. The minimum absolute atomic E-state index is 0.674. The lowest BCUT2D eigenvalue weighted by atomic mass is 10.3. The molecule has 1 aromatic rings. The molecule has 0 fully saturated rings. The van der Waals surface area contributed by atoms with Gasteiger partial charge in [-0.25, -0.2) is 4.98 Å². The van der Waals surface area contributed by atoms with Crippen LogP contribution >= 0.6 is 0 Å². The highest BCUT2D eigenvalue weighted by Gasteiger charge is 2.02. The zero-order valence-electron chi connectivity index (χ0n) is 10.8. The molecule has 0 aromatic carbocycles. The van der Waals surface area contributed by atoms with Gasteiger partial charge in [-0.2, -0.15) is 0 Å². The first-order valence-electron chi connectivity index (χ1n) is 5.50. The molecule has 86 valence electrons. The summed E-state index contributed by atoms with van der Waals surface area (Å²) in [6.07, 6.45) is 5.47. The van der Waals surface area contributed by atoms with Crippen LogP contribution in [-0.2, 0) is 0 Å². The Balaban J connectivity index is 0. The van der Waals surface area contributed by atoms with Gasteiger partial charge in [-0.15, -0.1) is 0 Å². The number of rotatable bonds is 2. The number of hydrogen-bond acceptors (Lipinski definition) is 2. The second-order valence-electron chi connectivity index (χ2n) is 2.19. The third-order valence-electron chi connectivity index (χ3n) is 1.30. The molecule has 0 N–H and O–H groups in total. The van der Waals surface area contributed by atoms with Crippen LogP contribution in [0.3, 0.4) is 0 Å². The highest BCUT2D eigenvalue weighted by atomic mass is 16.4. The summed E-state index contributed by atoms with van der Waals surface area (Å²) >= 11 is 0. The first kappa shape index (κ1) is 16.1. The predicted molar refractivity (Wildman–Crippen MR) is 68.7 cm³/mol. The molecule has 0 amide bonds. The number of oxazole rings is 1. The van der Waals surface area contributed by atoms with E-state index in [1.807, 2.05) is 53.7 Å². The summed E-state index contributed by atoms with van der Waals surface area (Å²) in [6.45, 7) is 15.4. The van der Waals surface area contributed by atoms with Gasteiger partial charge in [-0.3, -0.25) is 0 Å². The van der Waals surface area contributed by atoms with Gasteiger partial charge in [0.25, 0.3) is 0 Å². The monoisotopic (exact) mass is 209 g/mol. The summed E-state index contributed by atoms with van der Waals surface area (Å²) in [4.78, 5) is 4.11. The zero-order chi connectivity index (χ0) is 12.3. The smallest absolute Gasteiger partial charge is 0.192 e. The molecule has 2 heteroatoms. The number of nitrogens with zero attached hydrogens (tertiary/aromatic N) is 1. The first-order chi connectivity index (χ1) is 7.27. The third kappa shape index (κ3) is 5.89. The van der Waals surface area contributed by atoms with E-state index < -0.39 is 0 Å². The van der Waals surface area contributed by atoms with Gasteiger partial charge in [0, 0.05) is 6.92 Å². The Hall–Kier alpha value is -1.31. The van der Waals surface area contributed by atoms with E-state index in [-0.39, 0.29) is 0 Å². The molecule has 0 aliphatic heterocycles. The molecule has 0 unspecified atom stereocenters. The molecule has 1 rings (SSSR count). The molecule has 0 bridgehead atoms. The summed E-state index contributed by atoms with van der Waals surface area (Å²) < 4.78 is 5.28. The Labute approximate surface area is 93.7 Å². The van der Waals surface area contributed by atoms with E-state index in [4.69, 9.17) is 4.42 Å². The van der Waals surface area contributed by atoms with Crippen LogP contribution in [0.2, 0.25) is 0 Å². The molecule has 0 aliphatic rings.